The van der Waals surface area contributed by atoms with Crippen LogP contribution in [-0.2, 0) is 11.4 Å². The van der Waals surface area contributed by atoms with Crippen LogP contribution in [0.2, 0.25) is 0 Å². The van der Waals surface area contributed by atoms with Gasteiger partial charge in [0, 0.05) is 5.56 Å². The van der Waals surface area contributed by atoms with E-state index in [0.29, 0.717) is 22.7 Å². The van der Waals surface area contributed by atoms with Crippen LogP contribution in [0.3, 0.4) is 0 Å². The van der Waals surface area contributed by atoms with Gasteiger partial charge in [-0.3, -0.25) is 9.59 Å². The van der Waals surface area contributed by atoms with Crippen molar-refractivity contribution >= 4 is 40.6 Å². The van der Waals surface area contributed by atoms with E-state index in [1.807, 2.05) is 6.07 Å². The predicted octanol–water partition coefficient (Wildman–Crippen LogP) is 5.21. The Morgan fingerprint density at radius 2 is 1.64 bits per heavy atom. The first-order valence-corrected chi connectivity index (χ1v) is 10.7. The van der Waals surface area contributed by atoms with Crippen LogP contribution in [0, 0.1) is 0 Å². The smallest absolute Gasteiger partial charge is 0.335 e. The van der Waals surface area contributed by atoms with Gasteiger partial charge in [0.2, 0.25) is 0 Å². The number of carboxylic acids is 1. The molecule has 1 N–H and O–H groups in total. The normalized spacial score (nSPS) is 14.6. The maximum atomic E-state index is 13.0. The highest BCUT2D eigenvalue weighted by atomic mass is 32.2. The summed E-state index contributed by atoms with van der Waals surface area (Å²) in [7, 11) is 1.48. The van der Waals surface area contributed by atoms with E-state index in [4.69, 9.17) is 14.6 Å². The van der Waals surface area contributed by atoms with Crippen LogP contribution in [0.1, 0.15) is 21.5 Å². The summed E-state index contributed by atoms with van der Waals surface area (Å²) in [6.45, 7) is 0.216. The molecule has 1 aliphatic heterocycles. The van der Waals surface area contributed by atoms with Crippen LogP contribution in [0.25, 0.3) is 6.08 Å². The number of carboxylic acid groups (broad SMARTS) is 1. The standard InChI is InChI=1S/C25H19NO6S/c1-31-21-9-5-3-7-19(21)26-23(27)22(33-25(26)30)14-18-6-2-4-8-20(18)32-15-16-10-12-17(13-11-16)24(28)29/h2-14H,15H2,1H3,(H,28,29)/b22-14-. The summed E-state index contributed by atoms with van der Waals surface area (Å²) in [6, 6.07) is 20.4. The molecular weight excluding hydrogens is 442 g/mol. The van der Waals surface area contributed by atoms with Gasteiger partial charge < -0.3 is 14.6 Å². The van der Waals surface area contributed by atoms with Gasteiger partial charge in [0.05, 0.1) is 23.3 Å². The van der Waals surface area contributed by atoms with Gasteiger partial charge in [-0.05, 0) is 53.7 Å². The molecule has 8 heteroatoms. The number of carbonyl (C=O) groups is 3. The van der Waals surface area contributed by atoms with Crippen molar-refractivity contribution < 1.29 is 29.0 Å². The molecule has 1 saturated heterocycles. The third-order valence-corrected chi connectivity index (χ3v) is 5.79. The van der Waals surface area contributed by atoms with Gasteiger partial charge in [-0.2, -0.15) is 0 Å². The first-order valence-electron chi connectivity index (χ1n) is 9.93. The molecule has 0 unspecified atom stereocenters. The minimum atomic E-state index is -0.991. The minimum Gasteiger partial charge on any atom is -0.495 e. The fourth-order valence-electron chi connectivity index (χ4n) is 3.27. The number of hydrogen-bond donors (Lipinski definition) is 1. The number of amides is 2. The molecule has 0 aliphatic carbocycles. The topological polar surface area (TPSA) is 93.1 Å². The fourth-order valence-corrected chi connectivity index (χ4v) is 4.09. The quantitative estimate of drug-likeness (QED) is 0.483. The van der Waals surface area contributed by atoms with Gasteiger partial charge >= 0.3 is 5.97 Å². The summed E-state index contributed by atoms with van der Waals surface area (Å²) < 4.78 is 11.2. The summed E-state index contributed by atoms with van der Waals surface area (Å²) >= 11 is 0.850. The van der Waals surface area contributed by atoms with Gasteiger partial charge in [0.1, 0.15) is 18.1 Å². The molecule has 0 spiro atoms. The zero-order valence-electron chi connectivity index (χ0n) is 17.6. The summed E-state index contributed by atoms with van der Waals surface area (Å²) in [5.41, 5.74) is 2.03. The second-order valence-corrected chi connectivity index (χ2v) is 8.01. The van der Waals surface area contributed by atoms with Gasteiger partial charge in [-0.25, -0.2) is 9.69 Å². The Morgan fingerprint density at radius 3 is 2.33 bits per heavy atom. The Balaban J connectivity index is 1.55. The molecule has 7 nitrogen and oxygen atoms in total. The van der Waals surface area contributed by atoms with E-state index in [-0.39, 0.29) is 17.1 Å². The molecule has 0 bridgehead atoms. The van der Waals surface area contributed by atoms with E-state index >= 15 is 0 Å². The number of aromatic carboxylic acids is 1. The maximum Gasteiger partial charge on any atom is 0.335 e. The van der Waals surface area contributed by atoms with Crippen LogP contribution < -0.4 is 14.4 Å². The third kappa shape index (κ3) is 4.75. The number of hydrogen-bond acceptors (Lipinski definition) is 6. The highest BCUT2D eigenvalue weighted by Gasteiger charge is 2.37. The SMILES string of the molecule is COc1ccccc1N1C(=O)S/C(=C\c2ccccc2OCc2ccc(C(=O)O)cc2)C1=O. The second-order valence-electron chi connectivity index (χ2n) is 7.02. The molecule has 3 aromatic rings. The van der Waals surface area contributed by atoms with E-state index in [0.717, 1.165) is 22.2 Å². The first kappa shape index (κ1) is 22.2. The molecule has 3 aromatic carbocycles. The van der Waals surface area contributed by atoms with E-state index in [1.54, 1.807) is 60.7 Å². The van der Waals surface area contributed by atoms with Crippen LogP contribution in [-0.4, -0.2) is 29.3 Å². The molecule has 4 rings (SSSR count). The van der Waals surface area contributed by atoms with Gasteiger partial charge in [-0.1, -0.05) is 42.5 Å². The zero-order valence-corrected chi connectivity index (χ0v) is 18.4. The monoisotopic (exact) mass is 461 g/mol. The van der Waals surface area contributed by atoms with Crippen LogP contribution in [0.4, 0.5) is 10.5 Å². The Kier molecular flexibility index (Phi) is 6.46. The van der Waals surface area contributed by atoms with Crippen molar-refractivity contribution in [3.8, 4) is 11.5 Å². The van der Waals surface area contributed by atoms with E-state index < -0.39 is 17.1 Å². The van der Waals surface area contributed by atoms with E-state index in [2.05, 4.69) is 0 Å². The maximum absolute atomic E-state index is 13.0. The fraction of sp³-hybridized carbons (Fsp3) is 0.0800. The Bertz CT molecular complexity index is 1250. The molecule has 0 aromatic heterocycles. The number of ether oxygens (including phenoxy) is 2. The lowest BCUT2D eigenvalue weighted by molar-refractivity contribution is -0.113. The number of methoxy groups -OCH3 is 1. The summed E-state index contributed by atoms with van der Waals surface area (Å²) in [5, 5.41) is 8.61. The number of nitrogens with zero attached hydrogens (tertiary/aromatic N) is 1. The van der Waals surface area contributed by atoms with Crippen molar-refractivity contribution in [3.63, 3.8) is 0 Å². The van der Waals surface area contributed by atoms with Crippen molar-refractivity contribution in [2.24, 2.45) is 0 Å². The molecule has 0 atom stereocenters. The largest absolute Gasteiger partial charge is 0.495 e. The summed E-state index contributed by atoms with van der Waals surface area (Å²) in [5.74, 6) is -0.467. The number of rotatable bonds is 7. The Morgan fingerprint density at radius 1 is 0.970 bits per heavy atom. The molecule has 1 heterocycles. The average Bonchev–Trinajstić information content (AvgIpc) is 3.11. The average molecular weight is 461 g/mol. The minimum absolute atomic E-state index is 0.199. The lowest BCUT2D eigenvalue weighted by Crippen LogP contribution is -2.28. The van der Waals surface area contributed by atoms with Crippen molar-refractivity contribution in [2.75, 3.05) is 12.0 Å². The number of benzene rings is 3. The number of carbonyl (C=O) groups excluding carboxylic acids is 2. The molecule has 166 valence electrons. The lowest BCUT2D eigenvalue weighted by Gasteiger charge is -2.15. The zero-order chi connectivity index (χ0) is 23.4. The molecule has 33 heavy (non-hydrogen) atoms. The number of imide groups is 1. The highest BCUT2D eigenvalue weighted by Crippen LogP contribution is 2.40. The number of anilines is 1. The van der Waals surface area contributed by atoms with E-state index in [9.17, 15) is 14.4 Å². The molecule has 1 aliphatic rings. The molecular formula is C25H19NO6S. The van der Waals surface area contributed by atoms with Crippen LogP contribution in [0.5, 0.6) is 11.5 Å². The molecule has 0 radical (unpaired) electrons. The lowest BCUT2D eigenvalue weighted by atomic mass is 10.1. The molecule has 1 fully saturated rings. The van der Waals surface area contributed by atoms with Crippen LogP contribution >= 0.6 is 11.8 Å². The van der Waals surface area contributed by atoms with Crippen molar-refractivity contribution in [3.05, 3.63) is 94.4 Å². The van der Waals surface area contributed by atoms with Crippen LogP contribution in [0.15, 0.2) is 77.7 Å². The van der Waals surface area contributed by atoms with Gasteiger partial charge in [-0.15, -0.1) is 0 Å². The van der Waals surface area contributed by atoms with Crippen molar-refractivity contribution in [1.82, 2.24) is 0 Å². The Hall–Kier alpha value is -4.04. The first-order chi connectivity index (χ1) is 16.0. The van der Waals surface area contributed by atoms with Gasteiger partial charge in [0.25, 0.3) is 11.1 Å². The van der Waals surface area contributed by atoms with Gasteiger partial charge in [0.15, 0.2) is 0 Å². The summed E-state index contributed by atoms with van der Waals surface area (Å²) in [4.78, 5) is 38.0. The second kappa shape index (κ2) is 9.62. The Labute approximate surface area is 194 Å². The van der Waals surface area contributed by atoms with Crippen molar-refractivity contribution in [1.29, 1.82) is 0 Å². The van der Waals surface area contributed by atoms with Crippen molar-refractivity contribution in [2.45, 2.75) is 6.61 Å². The molecule has 2 amide bonds. The number of thioether (sulfide) groups is 1. The predicted molar refractivity (Wildman–Crippen MR) is 126 cm³/mol. The van der Waals surface area contributed by atoms with E-state index in [1.165, 1.54) is 19.2 Å². The third-order valence-electron chi connectivity index (χ3n) is 4.92. The number of para-hydroxylation sites is 3. The molecule has 0 saturated carbocycles. The summed E-state index contributed by atoms with van der Waals surface area (Å²) in [6.07, 6.45) is 1.63. The highest BCUT2D eigenvalue weighted by molar-refractivity contribution is 8.19.